The molecule has 0 saturated carbocycles. The quantitative estimate of drug-likeness (QED) is 0.663. The van der Waals surface area contributed by atoms with E-state index in [9.17, 15) is 4.79 Å². The van der Waals surface area contributed by atoms with Gasteiger partial charge in [-0.15, -0.1) is 0 Å². The number of nitrogens with one attached hydrogen (secondary N) is 1. The monoisotopic (exact) mass is 216 g/mol. The van der Waals surface area contributed by atoms with E-state index in [-0.39, 0.29) is 22.9 Å². The van der Waals surface area contributed by atoms with Gasteiger partial charge in [-0.2, -0.15) is 0 Å². The van der Waals surface area contributed by atoms with Crippen molar-refractivity contribution in [2.75, 3.05) is 0 Å². The van der Waals surface area contributed by atoms with Crippen LogP contribution in [0.3, 0.4) is 0 Å². The van der Waals surface area contributed by atoms with Gasteiger partial charge in [-0.25, -0.2) is 0 Å². The molecular formula is C10H20N2OS. The highest BCUT2D eigenvalue weighted by Crippen LogP contribution is 2.05. The number of carbonyl (C=O) groups excluding carboxylic acids is 1. The summed E-state index contributed by atoms with van der Waals surface area (Å²) in [4.78, 5) is 12.0. The molecule has 4 heteroatoms. The van der Waals surface area contributed by atoms with Crippen LogP contribution < -0.4 is 11.1 Å². The van der Waals surface area contributed by atoms with Crippen molar-refractivity contribution in [1.82, 2.24) is 5.32 Å². The molecule has 82 valence electrons. The van der Waals surface area contributed by atoms with E-state index in [0.29, 0.717) is 6.42 Å². The van der Waals surface area contributed by atoms with E-state index < -0.39 is 0 Å². The predicted octanol–water partition coefficient (Wildman–Crippen LogP) is 1.60. The van der Waals surface area contributed by atoms with Gasteiger partial charge >= 0.3 is 0 Å². The molecule has 0 bridgehead atoms. The molecule has 0 aliphatic heterocycles. The van der Waals surface area contributed by atoms with E-state index in [0.717, 1.165) is 12.8 Å². The predicted molar refractivity (Wildman–Crippen MR) is 63.1 cm³/mol. The van der Waals surface area contributed by atoms with Gasteiger partial charge in [-0.05, 0) is 19.3 Å². The Morgan fingerprint density at radius 1 is 1.29 bits per heavy atom. The van der Waals surface area contributed by atoms with Crippen molar-refractivity contribution < 1.29 is 4.79 Å². The number of hydrogen-bond donors (Lipinski definition) is 2. The zero-order valence-corrected chi connectivity index (χ0v) is 9.99. The lowest BCUT2D eigenvalue weighted by atomic mass is 10.0. The lowest BCUT2D eigenvalue weighted by molar-refractivity contribution is -0.123. The second-order valence-electron chi connectivity index (χ2n) is 3.39. The first-order valence-electron chi connectivity index (χ1n) is 5.16. The summed E-state index contributed by atoms with van der Waals surface area (Å²) in [6, 6.07) is 0.242. The molecule has 0 spiro atoms. The minimum absolute atomic E-state index is 0.0336. The highest BCUT2D eigenvalue weighted by molar-refractivity contribution is 7.80. The van der Waals surface area contributed by atoms with Crippen LogP contribution in [-0.2, 0) is 4.79 Å². The number of nitrogens with two attached hydrogens (primary N) is 1. The van der Waals surface area contributed by atoms with Gasteiger partial charge in [-0.3, -0.25) is 4.79 Å². The van der Waals surface area contributed by atoms with Crippen molar-refractivity contribution in [3.8, 4) is 0 Å². The van der Waals surface area contributed by atoms with E-state index in [1.165, 1.54) is 0 Å². The number of rotatable bonds is 6. The van der Waals surface area contributed by atoms with Crippen molar-refractivity contribution in [2.24, 2.45) is 11.7 Å². The molecule has 1 amide bonds. The average Bonchev–Trinajstić information content (AvgIpc) is 2.14. The van der Waals surface area contributed by atoms with E-state index in [4.69, 9.17) is 18.0 Å². The molecule has 3 N–H and O–H groups in total. The molecule has 1 unspecified atom stereocenters. The maximum absolute atomic E-state index is 11.7. The van der Waals surface area contributed by atoms with Gasteiger partial charge in [0.2, 0.25) is 5.91 Å². The van der Waals surface area contributed by atoms with E-state index in [2.05, 4.69) is 19.2 Å². The van der Waals surface area contributed by atoms with Crippen LogP contribution in [0.2, 0.25) is 0 Å². The number of amides is 1. The fourth-order valence-corrected chi connectivity index (χ4v) is 1.58. The Morgan fingerprint density at radius 3 is 2.07 bits per heavy atom. The van der Waals surface area contributed by atoms with E-state index in [1.807, 2.05) is 6.92 Å². The third-order valence-electron chi connectivity index (χ3n) is 2.40. The van der Waals surface area contributed by atoms with Gasteiger partial charge in [-0.1, -0.05) is 33.0 Å². The summed E-state index contributed by atoms with van der Waals surface area (Å²) in [5, 5.41) is 2.94. The molecular weight excluding hydrogens is 196 g/mol. The standard InChI is InChI=1S/C10H20N2OS/c1-4-7(5-2)12-10(13)8(6-3)9(11)14/h7-8H,4-6H2,1-3H3,(H2,11,14)(H,12,13). The maximum atomic E-state index is 11.7. The molecule has 0 aromatic heterocycles. The molecule has 0 fully saturated rings. The maximum Gasteiger partial charge on any atom is 0.230 e. The lowest BCUT2D eigenvalue weighted by Gasteiger charge is -2.19. The van der Waals surface area contributed by atoms with Crippen LogP contribution in [0.5, 0.6) is 0 Å². The molecule has 0 radical (unpaired) electrons. The van der Waals surface area contributed by atoms with Crippen LogP contribution in [0.1, 0.15) is 40.0 Å². The molecule has 0 heterocycles. The second kappa shape index (κ2) is 6.76. The van der Waals surface area contributed by atoms with Crippen molar-refractivity contribution in [3.63, 3.8) is 0 Å². The highest BCUT2D eigenvalue weighted by atomic mass is 32.1. The van der Waals surface area contributed by atoms with E-state index in [1.54, 1.807) is 0 Å². The Morgan fingerprint density at radius 2 is 1.79 bits per heavy atom. The SMILES string of the molecule is CCC(CC)NC(=O)C(CC)C(N)=S. The zero-order chi connectivity index (χ0) is 11.1. The molecule has 0 rings (SSSR count). The Bertz CT molecular complexity index is 202. The van der Waals surface area contributed by atoms with Crippen molar-refractivity contribution in [3.05, 3.63) is 0 Å². The molecule has 3 nitrogen and oxygen atoms in total. The minimum Gasteiger partial charge on any atom is -0.393 e. The van der Waals surface area contributed by atoms with E-state index >= 15 is 0 Å². The Labute approximate surface area is 91.4 Å². The van der Waals surface area contributed by atoms with Gasteiger partial charge in [0.05, 0.1) is 10.9 Å². The summed E-state index contributed by atoms with van der Waals surface area (Å²) < 4.78 is 0. The molecule has 14 heavy (non-hydrogen) atoms. The summed E-state index contributed by atoms with van der Waals surface area (Å²) in [5.74, 6) is -0.348. The summed E-state index contributed by atoms with van der Waals surface area (Å²) >= 11 is 4.83. The largest absolute Gasteiger partial charge is 0.393 e. The highest BCUT2D eigenvalue weighted by Gasteiger charge is 2.20. The fraction of sp³-hybridized carbons (Fsp3) is 0.800. The Hall–Kier alpha value is -0.640. The summed E-state index contributed by atoms with van der Waals surface area (Å²) in [7, 11) is 0. The smallest absolute Gasteiger partial charge is 0.230 e. The number of hydrogen-bond acceptors (Lipinski definition) is 2. The number of thiocarbonyl (C=S) groups is 1. The third-order valence-corrected chi connectivity index (χ3v) is 2.68. The summed E-state index contributed by atoms with van der Waals surface area (Å²) in [6.07, 6.45) is 2.55. The zero-order valence-electron chi connectivity index (χ0n) is 9.17. The van der Waals surface area contributed by atoms with Crippen LogP contribution in [0.15, 0.2) is 0 Å². The van der Waals surface area contributed by atoms with Crippen LogP contribution >= 0.6 is 12.2 Å². The van der Waals surface area contributed by atoms with Crippen LogP contribution in [-0.4, -0.2) is 16.9 Å². The summed E-state index contributed by atoms with van der Waals surface area (Å²) in [6.45, 7) is 6.02. The minimum atomic E-state index is -0.314. The van der Waals surface area contributed by atoms with Crippen LogP contribution in [0.25, 0.3) is 0 Å². The van der Waals surface area contributed by atoms with Gasteiger partial charge in [0.25, 0.3) is 0 Å². The first-order valence-corrected chi connectivity index (χ1v) is 5.57. The van der Waals surface area contributed by atoms with Crippen molar-refractivity contribution >= 4 is 23.1 Å². The number of carbonyl (C=O) groups is 1. The van der Waals surface area contributed by atoms with Gasteiger partial charge in [0.15, 0.2) is 0 Å². The van der Waals surface area contributed by atoms with Gasteiger partial charge in [0.1, 0.15) is 0 Å². The topological polar surface area (TPSA) is 55.1 Å². The van der Waals surface area contributed by atoms with Crippen LogP contribution in [0, 0.1) is 5.92 Å². The Kier molecular flexibility index (Phi) is 6.45. The van der Waals surface area contributed by atoms with Gasteiger partial charge in [0, 0.05) is 6.04 Å². The second-order valence-corrected chi connectivity index (χ2v) is 3.86. The first-order chi connectivity index (χ1) is 6.56. The molecule has 0 saturated heterocycles. The summed E-state index contributed by atoms with van der Waals surface area (Å²) in [5.41, 5.74) is 5.48. The molecule has 0 aromatic carbocycles. The lowest BCUT2D eigenvalue weighted by Crippen LogP contribution is -2.42. The first kappa shape index (κ1) is 13.4. The van der Waals surface area contributed by atoms with Crippen molar-refractivity contribution in [1.29, 1.82) is 0 Å². The third kappa shape index (κ3) is 4.05. The normalized spacial score (nSPS) is 12.6. The van der Waals surface area contributed by atoms with Crippen molar-refractivity contribution in [2.45, 2.75) is 46.1 Å². The molecule has 0 aliphatic rings. The van der Waals surface area contributed by atoms with Gasteiger partial charge < -0.3 is 11.1 Å². The van der Waals surface area contributed by atoms with Crippen LogP contribution in [0.4, 0.5) is 0 Å². The molecule has 0 aliphatic carbocycles. The fourth-order valence-electron chi connectivity index (χ4n) is 1.31. The average molecular weight is 216 g/mol. The molecule has 0 aromatic rings. The molecule has 1 atom stereocenters. The Balaban J connectivity index is 4.23.